The summed E-state index contributed by atoms with van der Waals surface area (Å²) in [4.78, 5) is 25.2. The third-order valence-corrected chi connectivity index (χ3v) is 3.46. The Morgan fingerprint density at radius 2 is 1.72 bits per heavy atom. The van der Waals surface area contributed by atoms with E-state index in [2.05, 4.69) is 0 Å². The van der Waals surface area contributed by atoms with Gasteiger partial charge in [0.05, 0.1) is 6.61 Å². The van der Waals surface area contributed by atoms with Crippen LogP contribution >= 0.6 is 0 Å². The van der Waals surface area contributed by atoms with Crippen molar-refractivity contribution in [3.8, 4) is 5.75 Å². The van der Waals surface area contributed by atoms with E-state index in [-0.39, 0.29) is 12.5 Å². The summed E-state index contributed by atoms with van der Waals surface area (Å²) in [7, 11) is 1.64. The topological polar surface area (TPSA) is 55.8 Å². The average molecular weight is 339 g/mol. The van der Waals surface area contributed by atoms with Crippen LogP contribution in [0.3, 0.4) is 0 Å². The summed E-state index contributed by atoms with van der Waals surface area (Å²) in [6.07, 6.45) is 2.93. The maximum atomic E-state index is 12.0. The van der Waals surface area contributed by atoms with Gasteiger partial charge in [0.2, 0.25) is 0 Å². The number of carbonyl (C=O) groups is 2. The molecule has 0 radical (unpaired) electrons. The zero-order valence-corrected chi connectivity index (χ0v) is 14.3. The third-order valence-electron chi connectivity index (χ3n) is 3.46. The Morgan fingerprint density at radius 1 is 1.04 bits per heavy atom. The van der Waals surface area contributed by atoms with Gasteiger partial charge < -0.3 is 14.4 Å². The van der Waals surface area contributed by atoms with Crippen molar-refractivity contribution in [2.75, 3.05) is 25.2 Å². The molecule has 0 unspecified atom stereocenters. The van der Waals surface area contributed by atoms with Crippen molar-refractivity contribution in [3.05, 3.63) is 66.2 Å². The van der Waals surface area contributed by atoms with Crippen LogP contribution in [0.5, 0.6) is 5.75 Å². The molecule has 0 aromatic heterocycles. The molecule has 0 bridgehead atoms. The summed E-state index contributed by atoms with van der Waals surface area (Å²) in [5.41, 5.74) is 1.58. The van der Waals surface area contributed by atoms with Crippen LogP contribution in [0.2, 0.25) is 0 Å². The number of carbonyl (C=O) groups excluding carboxylic acids is 2. The lowest BCUT2D eigenvalue weighted by Crippen LogP contribution is -2.30. The molecule has 130 valence electrons. The minimum absolute atomic E-state index is 0.297. The Morgan fingerprint density at radius 3 is 2.36 bits per heavy atom. The molecular formula is C20H21NO4. The molecule has 0 saturated carbocycles. The zero-order chi connectivity index (χ0) is 18.1. The van der Waals surface area contributed by atoms with E-state index in [1.54, 1.807) is 13.1 Å². The highest BCUT2D eigenvalue weighted by Crippen LogP contribution is 2.13. The second-order valence-electron chi connectivity index (χ2n) is 5.23. The first-order valence-corrected chi connectivity index (χ1v) is 7.99. The van der Waals surface area contributed by atoms with Gasteiger partial charge in [-0.25, -0.2) is 4.79 Å². The Hall–Kier alpha value is -3.08. The standard InChI is InChI=1S/C20H21NO4/c1-3-24-18-12-9-16(10-13-18)11-14-20(23)25-15-19(22)21(2)17-7-5-4-6-8-17/h4-14H,3,15H2,1-2H3/b14-11+. The van der Waals surface area contributed by atoms with E-state index >= 15 is 0 Å². The molecule has 1 amide bonds. The monoisotopic (exact) mass is 339 g/mol. The molecule has 0 N–H and O–H groups in total. The number of esters is 1. The molecular weight excluding hydrogens is 318 g/mol. The molecule has 0 aliphatic carbocycles. The minimum Gasteiger partial charge on any atom is -0.494 e. The number of likely N-dealkylation sites (N-methyl/N-ethyl adjacent to an activating group) is 1. The molecule has 0 aliphatic rings. The van der Waals surface area contributed by atoms with Crippen LogP contribution in [-0.2, 0) is 14.3 Å². The number of para-hydroxylation sites is 1. The van der Waals surface area contributed by atoms with Crippen molar-refractivity contribution in [1.29, 1.82) is 0 Å². The molecule has 0 fully saturated rings. The van der Waals surface area contributed by atoms with Gasteiger partial charge in [0, 0.05) is 18.8 Å². The van der Waals surface area contributed by atoms with E-state index in [0.717, 1.165) is 17.0 Å². The van der Waals surface area contributed by atoms with Gasteiger partial charge in [0.1, 0.15) is 5.75 Å². The predicted octanol–water partition coefficient (Wildman–Crippen LogP) is 3.30. The maximum absolute atomic E-state index is 12.0. The van der Waals surface area contributed by atoms with E-state index in [1.165, 1.54) is 11.0 Å². The highest BCUT2D eigenvalue weighted by atomic mass is 16.5. The lowest BCUT2D eigenvalue weighted by Gasteiger charge is -2.16. The quantitative estimate of drug-likeness (QED) is 0.574. The van der Waals surface area contributed by atoms with Crippen molar-refractivity contribution in [2.24, 2.45) is 0 Å². The van der Waals surface area contributed by atoms with Crippen LogP contribution in [-0.4, -0.2) is 32.1 Å². The summed E-state index contributed by atoms with van der Waals surface area (Å²) in [6, 6.07) is 16.5. The molecule has 0 saturated heterocycles. The molecule has 0 spiro atoms. The Balaban J connectivity index is 1.82. The molecule has 0 heterocycles. The van der Waals surface area contributed by atoms with Crippen LogP contribution in [0.25, 0.3) is 6.08 Å². The van der Waals surface area contributed by atoms with Crippen LogP contribution in [0.4, 0.5) is 5.69 Å². The number of hydrogen-bond donors (Lipinski definition) is 0. The van der Waals surface area contributed by atoms with E-state index < -0.39 is 5.97 Å². The highest BCUT2D eigenvalue weighted by molar-refractivity contribution is 5.96. The van der Waals surface area contributed by atoms with E-state index in [9.17, 15) is 9.59 Å². The Labute approximate surface area is 147 Å². The first-order chi connectivity index (χ1) is 12.1. The fourth-order valence-electron chi connectivity index (χ4n) is 2.08. The van der Waals surface area contributed by atoms with Gasteiger partial charge in [-0.05, 0) is 42.8 Å². The summed E-state index contributed by atoms with van der Waals surface area (Å²) in [6.45, 7) is 2.21. The number of ether oxygens (including phenoxy) is 2. The summed E-state index contributed by atoms with van der Waals surface area (Å²) < 4.78 is 10.3. The second kappa shape index (κ2) is 9.27. The van der Waals surface area contributed by atoms with Gasteiger partial charge in [0.25, 0.3) is 5.91 Å². The lowest BCUT2D eigenvalue weighted by atomic mass is 10.2. The first kappa shape index (κ1) is 18.3. The molecule has 0 atom stereocenters. The van der Waals surface area contributed by atoms with E-state index in [4.69, 9.17) is 9.47 Å². The smallest absolute Gasteiger partial charge is 0.331 e. The molecule has 5 nitrogen and oxygen atoms in total. The van der Waals surface area contributed by atoms with Crippen molar-refractivity contribution >= 4 is 23.6 Å². The number of anilines is 1. The fourth-order valence-corrected chi connectivity index (χ4v) is 2.08. The largest absolute Gasteiger partial charge is 0.494 e. The van der Waals surface area contributed by atoms with Crippen molar-refractivity contribution in [1.82, 2.24) is 0 Å². The number of amides is 1. The number of rotatable bonds is 7. The molecule has 2 aromatic rings. The first-order valence-electron chi connectivity index (χ1n) is 7.99. The predicted molar refractivity (Wildman–Crippen MR) is 97.5 cm³/mol. The third kappa shape index (κ3) is 5.80. The molecule has 5 heteroatoms. The normalized spacial score (nSPS) is 10.5. The van der Waals surface area contributed by atoms with Gasteiger partial charge in [-0.2, -0.15) is 0 Å². The van der Waals surface area contributed by atoms with Gasteiger partial charge >= 0.3 is 5.97 Å². The number of hydrogen-bond acceptors (Lipinski definition) is 4. The van der Waals surface area contributed by atoms with E-state index in [1.807, 2.05) is 61.5 Å². The van der Waals surface area contributed by atoms with Gasteiger partial charge in [-0.1, -0.05) is 30.3 Å². The summed E-state index contributed by atoms with van der Waals surface area (Å²) >= 11 is 0. The molecule has 2 aromatic carbocycles. The Bertz CT molecular complexity index is 723. The van der Waals surface area contributed by atoms with E-state index in [0.29, 0.717) is 6.61 Å². The zero-order valence-electron chi connectivity index (χ0n) is 14.3. The van der Waals surface area contributed by atoms with Gasteiger partial charge in [0.15, 0.2) is 6.61 Å². The highest BCUT2D eigenvalue weighted by Gasteiger charge is 2.12. The van der Waals surface area contributed by atoms with Crippen molar-refractivity contribution < 1.29 is 19.1 Å². The molecule has 2 rings (SSSR count). The molecule has 0 aliphatic heterocycles. The number of nitrogens with zero attached hydrogens (tertiary/aromatic N) is 1. The van der Waals surface area contributed by atoms with Gasteiger partial charge in [-0.15, -0.1) is 0 Å². The second-order valence-corrected chi connectivity index (χ2v) is 5.23. The molecule has 25 heavy (non-hydrogen) atoms. The van der Waals surface area contributed by atoms with Crippen LogP contribution < -0.4 is 9.64 Å². The van der Waals surface area contributed by atoms with Crippen LogP contribution in [0.1, 0.15) is 12.5 Å². The minimum atomic E-state index is -0.566. The summed E-state index contributed by atoms with van der Waals surface area (Å²) in [5.74, 6) is -0.0884. The van der Waals surface area contributed by atoms with Crippen LogP contribution in [0, 0.1) is 0 Å². The lowest BCUT2D eigenvalue weighted by molar-refractivity contribution is -0.142. The average Bonchev–Trinajstić information content (AvgIpc) is 2.66. The SMILES string of the molecule is CCOc1ccc(/C=C/C(=O)OCC(=O)N(C)c2ccccc2)cc1. The van der Waals surface area contributed by atoms with Gasteiger partial charge in [-0.3, -0.25) is 4.79 Å². The van der Waals surface area contributed by atoms with Crippen molar-refractivity contribution in [2.45, 2.75) is 6.92 Å². The number of benzene rings is 2. The Kier molecular flexibility index (Phi) is 6.77. The van der Waals surface area contributed by atoms with Crippen LogP contribution in [0.15, 0.2) is 60.7 Å². The maximum Gasteiger partial charge on any atom is 0.331 e. The van der Waals surface area contributed by atoms with Crippen molar-refractivity contribution in [3.63, 3.8) is 0 Å². The summed E-state index contributed by atoms with van der Waals surface area (Å²) in [5, 5.41) is 0. The fraction of sp³-hybridized carbons (Fsp3) is 0.200.